The zero-order valence-corrected chi connectivity index (χ0v) is 14.6. The molecule has 0 N–H and O–H groups in total. The molecule has 0 unspecified atom stereocenters. The number of aryl methyl sites for hydroxylation is 2. The zero-order chi connectivity index (χ0) is 17.0. The molecule has 0 aliphatic heterocycles. The van der Waals surface area contributed by atoms with Gasteiger partial charge in [0.1, 0.15) is 5.75 Å². The van der Waals surface area contributed by atoms with E-state index in [1.807, 2.05) is 83.0 Å². The van der Waals surface area contributed by atoms with Crippen LogP contribution in [0.25, 0.3) is 0 Å². The van der Waals surface area contributed by atoms with Crippen molar-refractivity contribution in [3.05, 3.63) is 59.7 Å². The Hall–Kier alpha value is -2.21. The minimum absolute atomic E-state index is 0.00981. The van der Waals surface area contributed by atoms with Crippen LogP contribution in [0.15, 0.2) is 48.5 Å². The Labute approximate surface area is 135 Å². The van der Waals surface area contributed by atoms with Gasteiger partial charge in [-0.2, -0.15) is 0 Å². The number of nitriles is 1. The summed E-state index contributed by atoms with van der Waals surface area (Å²) >= 11 is 0. The van der Waals surface area contributed by atoms with Gasteiger partial charge in [-0.05, 0) is 25.5 Å². The van der Waals surface area contributed by atoms with Gasteiger partial charge in [0.05, 0.1) is 7.11 Å². The van der Waals surface area contributed by atoms with Crippen molar-refractivity contribution in [2.45, 2.75) is 34.5 Å². The van der Waals surface area contributed by atoms with Crippen LogP contribution in [-0.4, -0.2) is 13.8 Å². The predicted octanol–water partition coefficient (Wildman–Crippen LogP) is 4.42. The van der Waals surface area contributed by atoms with Crippen molar-refractivity contribution >= 4 is 12.2 Å². The Kier molecular flexibility index (Phi) is 10.3. The number of nitrogens with zero attached hydrogens (tertiary/aromatic N) is 1. The molecule has 0 amide bonds. The van der Waals surface area contributed by atoms with Gasteiger partial charge in [-0.1, -0.05) is 74.2 Å². The van der Waals surface area contributed by atoms with Crippen molar-refractivity contribution in [3.63, 3.8) is 0 Å². The molecule has 0 radical (unpaired) electrons. The van der Waals surface area contributed by atoms with E-state index in [9.17, 15) is 0 Å². The summed E-state index contributed by atoms with van der Waals surface area (Å²) < 4.78 is 5.04. The van der Waals surface area contributed by atoms with Crippen molar-refractivity contribution < 1.29 is 4.74 Å². The minimum Gasteiger partial charge on any atom is -0.496 e. The molecule has 0 heterocycles. The molecule has 116 valence electrons. The molecule has 0 aliphatic rings. The Morgan fingerprint density at radius 3 is 1.91 bits per heavy atom. The minimum atomic E-state index is 0.00981. The van der Waals surface area contributed by atoms with Gasteiger partial charge < -0.3 is 4.74 Å². The summed E-state index contributed by atoms with van der Waals surface area (Å²) in [6, 6.07) is 16.0. The molecule has 2 nitrogen and oxygen atoms in total. The lowest BCUT2D eigenvalue weighted by Gasteiger charge is -2.00. The molecule has 0 bridgehead atoms. The smallest absolute Gasteiger partial charge is 0.297 e. The van der Waals surface area contributed by atoms with Crippen LogP contribution in [0.1, 0.15) is 25.0 Å². The SMILES string of the molecule is CB(C#N)c1ccc(C)cc1.CC.COc1ccccc1C. The van der Waals surface area contributed by atoms with Gasteiger partial charge in [0.15, 0.2) is 0 Å². The van der Waals surface area contributed by atoms with Gasteiger partial charge >= 0.3 is 0 Å². The van der Waals surface area contributed by atoms with E-state index in [1.165, 1.54) is 11.1 Å². The summed E-state index contributed by atoms with van der Waals surface area (Å²) in [5, 5.41) is 8.61. The third-order valence-electron chi connectivity index (χ3n) is 3.08. The topological polar surface area (TPSA) is 33.0 Å². The summed E-state index contributed by atoms with van der Waals surface area (Å²) in [5.41, 5.74) is 3.51. The Bertz CT molecular complexity index is 573. The van der Waals surface area contributed by atoms with E-state index in [1.54, 1.807) is 7.11 Å². The zero-order valence-electron chi connectivity index (χ0n) is 14.6. The molecule has 0 saturated carbocycles. The lowest BCUT2D eigenvalue weighted by molar-refractivity contribution is 0.411. The van der Waals surface area contributed by atoms with Crippen LogP contribution < -0.4 is 10.2 Å². The molecule has 22 heavy (non-hydrogen) atoms. The summed E-state index contributed by atoms with van der Waals surface area (Å²) in [5.74, 6) is 3.16. The molecular weight excluding hydrogens is 269 g/mol. The molecule has 2 aromatic carbocycles. The first-order valence-electron chi connectivity index (χ1n) is 7.64. The Morgan fingerprint density at radius 2 is 1.50 bits per heavy atom. The van der Waals surface area contributed by atoms with Crippen molar-refractivity contribution in [2.75, 3.05) is 7.11 Å². The normalized spacial score (nSPS) is 8.41. The van der Waals surface area contributed by atoms with Crippen LogP contribution in [-0.2, 0) is 0 Å². The second kappa shape index (κ2) is 11.5. The highest BCUT2D eigenvalue weighted by Crippen LogP contribution is 2.14. The second-order valence-corrected chi connectivity index (χ2v) is 4.73. The number of para-hydroxylation sites is 1. The maximum Gasteiger partial charge on any atom is 0.297 e. The fourth-order valence-corrected chi connectivity index (χ4v) is 1.72. The fraction of sp³-hybridized carbons (Fsp3) is 0.316. The predicted molar refractivity (Wildman–Crippen MR) is 97.1 cm³/mol. The maximum atomic E-state index is 8.61. The summed E-state index contributed by atoms with van der Waals surface area (Å²) in [6.07, 6.45) is 0. The number of benzene rings is 2. The fourth-order valence-electron chi connectivity index (χ4n) is 1.72. The van der Waals surface area contributed by atoms with Crippen LogP contribution in [0.4, 0.5) is 0 Å². The van der Waals surface area contributed by atoms with Crippen LogP contribution in [0, 0.1) is 25.1 Å². The van der Waals surface area contributed by atoms with Crippen molar-refractivity contribution in [1.29, 1.82) is 5.26 Å². The Morgan fingerprint density at radius 1 is 0.955 bits per heavy atom. The van der Waals surface area contributed by atoms with E-state index < -0.39 is 0 Å². The maximum absolute atomic E-state index is 8.61. The van der Waals surface area contributed by atoms with E-state index in [2.05, 4.69) is 5.97 Å². The lowest BCUT2D eigenvalue weighted by atomic mass is 9.49. The van der Waals surface area contributed by atoms with Crippen LogP contribution in [0.5, 0.6) is 5.75 Å². The molecular formula is C19H26BNO. The number of rotatable bonds is 2. The van der Waals surface area contributed by atoms with Crippen LogP contribution in [0.3, 0.4) is 0 Å². The molecule has 0 atom stereocenters. The molecule has 0 aliphatic carbocycles. The molecule has 3 heteroatoms. The first kappa shape index (κ1) is 19.8. The molecule has 2 aromatic rings. The van der Waals surface area contributed by atoms with Gasteiger partial charge in [-0.3, -0.25) is 0 Å². The van der Waals surface area contributed by atoms with Gasteiger partial charge in [0, 0.05) is 5.97 Å². The summed E-state index contributed by atoms with van der Waals surface area (Å²) in [6.45, 7) is 9.99. The molecule has 0 aromatic heterocycles. The van der Waals surface area contributed by atoms with E-state index in [0.29, 0.717) is 0 Å². The first-order valence-corrected chi connectivity index (χ1v) is 7.64. The number of hydrogen-bond donors (Lipinski definition) is 0. The highest BCUT2D eigenvalue weighted by Gasteiger charge is 2.07. The lowest BCUT2D eigenvalue weighted by Crippen LogP contribution is -2.24. The van der Waals surface area contributed by atoms with E-state index in [0.717, 1.165) is 11.2 Å². The average molecular weight is 295 g/mol. The quantitative estimate of drug-likeness (QED) is 0.768. The molecule has 0 saturated heterocycles. The van der Waals surface area contributed by atoms with Crippen molar-refractivity contribution in [1.82, 2.24) is 0 Å². The third kappa shape index (κ3) is 6.99. The average Bonchev–Trinajstić information content (AvgIpc) is 2.58. The largest absolute Gasteiger partial charge is 0.496 e. The molecule has 2 rings (SSSR count). The molecule has 0 fully saturated rings. The third-order valence-corrected chi connectivity index (χ3v) is 3.08. The number of hydrogen-bond acceptors (Lipinski definition) is 2. The second-order valence-electron chi connectivity index (χ2n) is 4.73. The van der Waals surface area contributed by atoms with E-state index >= 15 is 0 Å². The van der Waals surface area contributed by atoms with Gasteiger partial charge in [0.25, 0.3) is 6.71 Å². The summed E-state index contributed by atoms with van der Waals surface area (Å²) in [4.78, 5) is 0. The standard InChI is InChI=1S/C9H10BN.C8H10O.C2H6/c1-8-3-5-9(6-4-8)10(2)7-11;1-7-5-3-4-6-8(7)9-2;1-2/h3-6H,1-2H3;3-6H,1-2H3;1-2H3. The molecule has 0 spiro atoms. The van der Waals surface area contributed by atoms with Crippen LogP contribution >= 0.6 is 0 Å². The highest BCUT2D eigenvalue weighted by atomic mass is 16.5. The number of methoxy groups -OCH3 is 1. The monoisotopic (exact) mass is 295 g/mol. The Balaban J connectivity index is 0.000000366. The van der Waals surface area contributed by atoms with Gasteiger partial charge in [0.2, 0.25) is 0 Å². The number of ether oxygens (including phenoxy) is 1. The van der Waals surface area contributed by atoms with Crippen LogP contribution in [0.2, 0.25) is 6.82 Å². The first-order chi connectivity index (χ1) is 10.6. The van der Waals surface area contributed by atoms with E-state index in [-0.39, 0.29) is 6.71 Å². The van der Waals surface area contributed by atoms with Gasteiger partial charge in [-0.15, -0.1) is 0 Å². The van der Waals surface area contributed by atoms with E-state index in [4.69, 9.17) is 10.00 Å². The van der Waals surface area contributed by atoms with Gasteiger partial charge in [-0.25, -0.2) is 5.26 Å². The highest BCUT2D eigenvalue weighted by molar-refractivity contribution is 6.78. The summed E-state index contributed by atoms with van der Waals surface area (Å²) in [7, 11) is 1.68. The van der Waals surface area contributed by atoms with Crippen molar-refractivity contribution in [2.24, 2.45) is 0 Å². The van der Waals surface area contributed by atoms with Crippen molar-refractivity contribution in [3.8, 4) is 11.7 Å².